The average Bonchev–Trinajstić information content (AvgIpc) is 2.32. The fourth-order valence-electron chi connectivity index (χ4n) is 1.63. The Kier molecular flexibility index (Phi) is 12.0. The van der Waals surface area contributed by atoms with Crippen LogP contribution in [0.5, 0.6) is 0 Å². The summed E-state index contributed by atoms with van der Waals surface area (Å²) in [7, 11) is 3.39. The molecule has 0 saturated heterocycles. The van der Waals surface area contributed by atoms with E-state index in [0.717, 1.165) is 6.42 Å². The van der Waals surface area contributed by atoms with Gasteiger partial charge in [0.2, 0.25) is 0 Å². The minimum Gasteiger partial charge on any atom is -0.356 e. The largest absolute Gasteiger partial charge is 0.356 e. The highest BCUT2D eigenvalue weighted by molar-refractivity contribution is 4.96. The molecular formula is C14H26O2. The number of rotatable bonds is 11. The molecular weight excluding hydrogens is 200 g/mol. The molecule has 0 N–H and O–H groups in total. The molecule has 0 aliphatic rings. The fourth-order valence-corrected chi connectivity index (χ4v) is 1.63. The van der Waals surface area contributed by atoms with E-state index < -0.39 is 0 Å². The SMILES string of the molecule is C=C/C=C/CCCCCCCC(OC)OC. The third-order valence-corrected chi connectivity index (χ3v) is 2.61. The topological polar surface area (TPSA) is 18.5 Å². The van der Waals surface area contributed by atoms with Crippen molar-refractivity contribution in [3.8, 4) is 0 Å². The van der Waals surface area contributed by atoms with Crippen LogP contribution in [0.2, 0.25) is 0 Å². The zero-order valence-corrected chi connectivity index (χ0v) is 10.8. The Hall–Kier alpha value is -0.600. The molecule has 0 radical (unpaired) electrons. The number of hydrogen-bond acceptors (Lipinski definition) is 2. The van der Waals surface area contributed by atoms with E-state index in [9.17, 15) is 0 Å². The maximum absolute atomic E-state index is 5.13. The summed E-state index contributed by atoms with van der Waals surface area (Å²) in [4.78, 5) is 0. The van der Waals surface area contributed by atoms with Gasteiger partial charge in [-0.05, 0) is 25.7 Å². The molecule has 0 aromatic rings. The summed E-state index contributed by atoms with van der Waals surface area (Å²) in [6, 6.07) is 0. The van der Waals surface area contributed by atoms with Crippen LogP contribution in [0.4, 0.5) is 0 Å². The Morgan fingerprint density at radius 3 is 2.25 bits per heavy atom. The second kappa shape index (κ2) is 12.5. The molecule has 2 heteroatoms. The molecule has 94 valence electrons. The summed E-state index contributed by atoms with van der Waals surface area (Å²) in [6.45, 7) is 3.64. The quantitative estimate of drug-likeness (QED) is 0.300. The summed E-state index contributed by atoms with van der Waals surface area (Å²) in [5, 5.41) is 0. The van der Waals surface area contributed by atoms with Crippen molar-refractivity contribution in [2.75, 3.05) is 14.2 Å². The fraction of sp³-hybridized carbons (Fsp3) is 0.714. The Morgan fingerprint density at radius 2 is 1.62 bits per heavy atom. The minimum absolute atomic E-state index is 0.0180. The highest BCUT2D eigenvalue weighted by Gasteiger charge is 2.03. The second-order valence-electron chi connectivity index (χ2n) is 3.91. The van der Waals surface area contributed by atoms with Gasteiger partial charge in [-0.3, -0.25) is 0 Å². The Labute approximate surface area is 100 Å². The van der Waals surface area contributed by atoms with Crippen LogP contribution in [0.3, 0.4) is 0 Å². The van der Waals surface area contributed by atoms with E-state index in [0.29, 0.717) is 0 Å². The zero-order chi connectivity index (χ0) is 12.1. The number of ether oxygens (including phenoxy) is 2. The molecule has 16 heavy (non-hydrogen) atoms. The summed E-state index contributed by atoms with van der Waals surface area (Å²) in [6.07, 6.45) is 14.5. The number of allylic oxidation sites excluding steroid dienone is 3. The van der Waals surface area contributed by atoms with Crippen molar-refractivity contribution in [2.45, 2.75) is 51.2 Å². The van der Waals surface area contributed by atoms with Gasteiger partial charge in [-0.25, -0.2) is 0 Å². The standard InChI is InChI=1S/C14H26O2/c1-4-5-6-7-8-9-10-11-12-13-14(15-2)16-3/h4-6,14H,1,7-13H2,2-3H3/b6-5+. The Bertz CT molecular complexity index is 172. The lowest BCUT2D eigenvalue weighted by atomic mass is 10.1. The molecule has 0 aliphatic carbocycles. The van der Waals surface area contributed by atoms with E-state index in [1.807, 2.05) is 12.2 Å². The molecule has 0 saturated carbocycles. The van der Waals surface area contributed by atoms with Crippen molar-refractivity contribution in [3.05, 3.63) is 24.8 Å². The lowest BCUT2D eigenvalue weighted by Crippen LogP contribution is -2.12. The molecule has 0 fully saturated rings. The first kappa shape index (κ1) is 15.4. The van der Waals surface area contributed by atoms with E-state index in [4.69, 9.17) is 9.47 Å². The molecule has 0 atom stereocenters. The number of hydrogen-bond donors (Lipinski definition) is 0. The highest BCUT2D eigenvalue weighted by Crippen LogP contribution is 2.10. The number of methoxy groups -OCH3 is 2. The van der Waals surface area contributed by atoms with Crippen LogP contribution < -0.4 is 0 Å². The van der Waals surface area contributed by atoms with Gasteiger partial charge in [0.05, 0.1) is 0 Å². The van der Waals surface area contributed by atoms with Gasteiger partial charge < -0.3 is 9.47 Å². The summed E-state index contributed by atoms with van der Waals surface area (Å²) in [5.41, 5.74) is 0. The van der Waals surface area contributed by atoms with E-state index >= 15 is 0 Å². The zero-order valence-electron chi connectivity index (χ0n) is 10.8. The third-order valence-electron chi connectivity index (χ3n) is 2.61. The first-order valence-corrected chi connectivity index (χ1v) is 6.18. The summed E-state index contributed by atoms with van der Waals surface area (Å²) >= 11 is 0. The predicted molar refractivity (Wildman–Crippen MR) is 69.5 cm³/mol. The lowest BCUT2D eigenvalue weighted by molar-refractivity contribution is -0.107. The van der Waals surface area contributed by atoms with Crippen LogP contribution in [-0.2, 0) is 9.47 Å². The highest BCUT2D eigenvalue weighted by atomic mass is 16.7. The molecule has 0 bridgehead atoms. The Balaban J connectivity index is 3.14. The van der Waals surface area contributed by atoms with Gasteiger partial charge in [0, 0.05) is 14.2 Å². The van der Waals surface area contributed by atoms with Crippen molar-refractivity contribution in [2.24, 2.45) is 0 Å². The third kappa shape index (κ3) is 9.94. The van der Waals surface area contributed by atoms with Crippen LogP contribution in [-0.4, -0.2) is 20.5 Å². The van der Waals surface area contributed by atoms with Crippen molar-refractivity contribution >= 4 is 0 Å². The van der Waals surface area contributed by atoms with Gasteiger partial charge >= 0.3 is 0 Å². The lowest BCUT2D eigenvalue weighted by Gasteiger charge is -2.12. The molecule has 0 spiro atoms. The van der Waals surface area contributed by atoms with Crippen molar-refractivity contribution in [3.63, 3.8) is 0 Å². The normalized spacial score (nSPS) is 11.4. The van der Waals surface area contributed by atoms with Gasteiger partial charge in [-0.2, -0.15) is 0 Å². The van der Waals surface area contributed by atoms with Crippen molar-refractivity contribution < 1.29 is 9.47 Å². The summed E-state index contributed by atoms with van der Waals surface area (Å²) in [5.74, 6) is 0. The van der Waals surface area contributed by atoms with Gasteiger partial charge in [-0.1, -0.05) is 44.1 Å². The predicted octanol–water partition coefficient (Wildman–Crippen LogP) is 4.08. The van der Waals surface area contributed by atoms with E-state index in [-0.39, 0.29) is 6.29 Å². The van der Waals surface area contributed by atoms with Crippen LogP contribution in [0.15, 0.2) is 24.8 Å². The maximum Gasteiger partial charge on any atom is 0.156 e. The monoisotopic (exact) mass is 226 g/mol. The summed E-state index contributed by atoms with van der Waals surface area (Å²) < 4.78 is 10.3. The smallest absolute Gasteiger partial charge is 0.156 e. The van der Waals surface area contributed by atoms with Crippen molar-refractivity contribution in [1.29, 1.82) is 0 Å². The number of unbranched alkanes of at least 4 members (excludes halogenated alkanes) is 5. The molecule has 0 aromatic heterocycles. The maximum atomic E-state index is 5.13. The van der Waals surface area contributed by atoms with Crippen LogP contribution in [0.25, 0.3) is 0 Å². The molecule has 2 nitrogen and oxygen atoms in total. The van der Waals surface area contributed by atoms with Crippen molar-refractivity contribution in [1.82, 2.24) is 0 Å². The molecule has 0 rings (SSSR count). The second-order valence-corrected chi connectivity index (χ2v) is 3.91. The van der Waals surface area contributed by atoms with Crippen LogP contribution >= 0.6 is 0 Å². The van der Waals surface area contributed by atoms with Crippen LogP contribution in [0.1, 0.15) is 44.9 Å². The molecule has 0 aromatic carbocycles. The first-order chi connectivity index (χ1) is 7.85. The van der Waals surface area contributed by atoms with E-state index in [2.05, 4.69) is 12.7 Å². The first-order valence-electron chi connectivity index (χ1n) is 6.18. The average molecular weight is 226 g/mol. The van der Waals surface area contributed by atoms with E-state index in [1.54, 1.807) is 14.2 Å². The van der Waals surface area contributed by atoms with Gasteiger partial charge in [-0.15, -0.1) is 0 Å². The van der Waals surface area contributed by atoms with Crippen LogP contribution in [0, 0.1) is 0 Å². The van der Waals surface area contributed by atoms with Gasteiger partial charge in [0.25, 0.3) is 0 Å². The minimum atomic E-state index is -0.0180. The molecule has 0 aliphatic heterocycles. The Morgan fingerprint density at radius 1 is 1.00 bits per heavy atom. The van der Waals surface area contributed by atoms with Gasteiger partial charge in [0.1, 0.15) is 0 Å². The molecule has 0 unspecified atom stereocenters. The van der Waals surface area contributed by atoms with E-state index in [1.165, 1.54) is 38.5 Å². The molecule has 0 heterocycles. The van der Waals surface area contributed by atoms with Gasteiger partial charge in [0.15, 0.2) is 6.29 Å². The molecule has 0 amide bonds.